The van der Waals surface area contributed by atoms with Gasteiger partial charge in [-0.05, 0) is 96.9 Å². The molecular formula is C38H32F12O2P2. The molecule has 0 aromatic heterocycles. The van der Waals surface area contributed by atoms with Gasteiger partial charge in [-0.15, -0.1) is 0 Å². The molecule has 2 nitrogen and oxygen atoms in total. The molecule has 4 aromatic carbocycles. The minimum absolute atomic E-state index is 0.00541. The summed E-state index contributed by atoms with van der Waals surface area (Å²) >= 11 is 0. The van der Waals surface area contributed by atoms with Crippen LogP contribution in [0, 0.1) is 0 Å². The van der Waals surface area contributed by atoms with Crippen molar-refractivity contribution in [1.29, 1.82) is 0 Å². The molecule has 0 aliphatic carbocycles. The average Bonchev–Trinajstić information content (AvgIpc) is 3.68. The minimum Gasteiger partial charge on any atom is -0.488 e. The van der Waals surface area contributed by atoms with E-state index in [9.17, 15) is 52.7 Å². The Kier molecular flexibility index (Phi) is 9.70. The second kappa shape index (κ2) is 13.0. The van der Waals surface area contributed by atoms with Gasteiger partial charge in [0.1, 0.15) is 24.2 Å². The number of halogens is 12. The zero-order valence-corrected chi connectivity index (χ0v) is 31.2. The summed E-state index contributed by atoms with van der Waals surface area (Å²) in [5, 5.41) is 0.147. The summed E-state index contributed by atoms with van der Waals surface area (Å²) in [7, 11) is -2.60. The van der Waals surface area contributed by atoms with Crippen molar-refractivity contribution in [2.24, 2.45) is 0 Å². The molecule has 0 amide bonds. The van der Waals surface area contributed by atoms with E-state index in [2.05, 4.69) is 0 Å². The zero-order valence-electron chi connectivity index (χ0n) is 29.4. The van der Waals surface area contributed by atoms with Crippen LogP contribution in [0.1, 0.15) is 63.8 Å². The topological polar surface area (TPSA) is 18.5 Å². The number of fused-ring (bicyclic) bond motifs is 2. The SMILES string of the molecule is CC(C)(C)[P@@]1COc2c(-c3cc(C(F)(F)F)cc(C(F)(F)F)c3)ccc(-c3ccc(-c4cc(C(F)(F)F)cc(C(F)(F)F)c4)c4c3[P@@](C(C)(C)C)CO4)c21. The predicted octanol–water partition coefficient (Wildman–Crippen LogP) is 13.3. The van der Waals surface area contributed by atoms with E-state index >= 15 is 0 Å². The maximum absolute atomic E-state index is 13.9. The van der Waals surface area contributed by atoms with E-state index in [0.717, 1.165) is 0 Å². The van der Waals surface area contributed by atoms with Crippen LogP contribution in [0.3, 0.4) is 0 Å². The van der Waals surface area contributed by atoms with Crippen molar-refractivity contribution in [3.8, 4) is 44.9 Å². The fraction of sp³-hybridized carbons (Fsp3) is 0.368. The van der Waals surface area contributed by atoms with Gasteiger partial charge < -0.3 is 9.47 Å². The van der Waals surface area contributed by atoms with Gasteiger partial charge in [0.15, 0.2) is 0 Å². The molecule has 0 bridgehead atoms. The van der Waals surface area contributed by atoms with Crippen molar-refractivity contribution in [3.63, 3.8) is 0 Å². The first-order chi connectivity index (χ1) is 24.6. The molecule has 0 saturated carbocycles. The lowest BCUT2D eigenvalue weighted by Crippen LogP contribution is -2.22. The smallest absolute Gasteiger partial charge is 0.416 e. The molecule has 2 heterocycles. The number of ether oxygens (including phenoxy) is 2. The van der Waals surface area contributed by atoms with E-state index in [1.165, 1.54) is 12.1 Å². The lowest BCUT2D eigenvalue weighted by atomic mass is 9.93. The van der Waals surface area contributed by atoms with E-state index in [0.29, 0.717) is 46.0 Å². The molecule has 4 aromatic rings. The Bertz CT molecular complexity index is 1900. The van der Waals surface area contributed by atoms with Gasteiger partial charge in [-0.1, -0.05) is 53.7 Å². The van der Waals surface area contributed by atoms with Crippen LogP contribution in [0.15, 0.2) is 60.7 Å². The van der Waals surface area contributed by atoms with E-state index in [-0.39, 0.29) is 58.6 Å². The van der Waals surface area contributed by atoms with Crippen LogP contribution in [0.4, 0.5) is 52.7 Å². The lowest BCUT2D eigenvalue weighted by molar-refractivity contribution is -0.144. The Morgan fingerprint density at radius 3 is 0.907 bits per heavy atom. The highest BCUT2D eigenvalue weighted by Crippen LogP contribution is 2.61. The molecule has 2 aliphatic rings. The van der Waals surface area contributed by atoms with Crippen molar-refractivity contribution in [3.05, 3.63) is 82.9 Å². The zero-order chi connectivity index (χ0) is 40.1. The molecule has 16 heteroatoms. The summed E-state index contributed by atoms with van der Waals surface area (Å²) in [6, 6.07) is 8.53. The Hall–Kier alpha value is -3.50. The van der Waals surface area contributed by atoms with Gasteiger partial charge in [0.2, 0.25) is 0 Å². The van der Waals surface area contributed by atoms with Crippen LogP contribution in [-0.2, 0) is 24.7 Å². The molecule has 6 rings (SSSR count). The average molecular weight is 811 g/mol. The van der Waals surface area contributed by atoms with Gasteiger partial charge in [0.05, 0.1) is 22.3 Å². The van der Waals surface area contributed by atoms with Crippen molar-refractivity contribution < 1.29 is 62.2 Å². The van der Waals surface area contributed by atoms with Crippen molar-refractivity contribution in [2.45, 2.75) is 76.6 Å². The minimum atomic E-state index is -5.09. The summed E-state index contributed by atoms with van der Waals surface area (Å²) in [5.74, 6) is 0.205. The van der Waals surface area contributed by atoms with Crippen molar-refractivity contribution >= 4 is 26.5 Å². The Morgan fingerprint density at radius 1 is 0.407 bits per heavy atom. The molecule has 54 heavy (non-hydrogen) atoms. The van der Waals surface area contributed by atoms with E-state index in [1.54, 1.807) is 12.1 Å². The summed E-state index contributed by atoms with van der Waals surface area (Å²) in [4.78, 5) is 0. The van der Waals surface area contributed by atoms with E-state index in [4.69, 9.17) is 9.47 Å². The van der Waals surface area contributed by atoms with Crippen LogP contribution >= 0.6 is 15.8 Å². The molecule has 2 aliphatic heterocycles. The second-order valence-corrected chi connectivity index (χ2v) is 20.8. The van der Waals surface area contributed by atoms with Crippen LogP contribution in [0.2, 0.25) is 0 Å². The summed E-state index contributed by atoms with van der Waals surface area (Å²) in [5.41, 5.74) is -5.64. The molecule has 0 fully saturated rings. The van der Waals surface area contributed by atoms with Crippen LogP contribution in [0.5, 0.6) is 11.5 Å². The van der Waals surface area contributed by atoms with Gasteiger partial charge in [-0.3, -0.25) is 0 Å². The van der Waals surface area contributed by atoms with Crippen molar-refractivity contribution in [1.82, 2.24) is 0 Å². The maximum atomic E-state index is 13.9. The molecular weight excluding hydrogens is 778 g/mol. The number of rotatable bonds is 3. The lowest BCUT2D eigenvalue weighted by Gasteiger charge is -2.30. The fourth-order valence-electron chi connectivity index (χ4n) is 6.53. The molecule has 0 N–H and O–H groups in total. The standard InChI is InChI=1S/C38H32F12O2P2/c1-33(2,3)53-17-51-29-25(19-11-21(35(39,40)41)15-22(12-19)36(42,43)44)7-9-27(31(29)53)28-10-8-26(30-32(28)54(18-52-30)34(4,5)6)20-13-23(37(45,46)47)16-24(14-20)38(48,49)50/h7-16H,17-18H2,1-6H3/t53-,54-/m0/s1. The van der Waals surface area contributed by atoms with E-state index < -0.39 is 73.1 Å². The molecule has 2 atom stereocenters. The number of benzene rings is 4. The third kappa shape index (κ3) is 7.54. The third-order valence-corrected chi connectivity index (χ3v) is 15.2. The Balaban J connectivity index is 1.65. The maximum Gasteiger partial charge on any atom is 0.416 e. The molecule has 290 valence electrons. The number of alkyl halides is 12. The summed E-state index contributed by atoms with van der Waals surface area (Å²) in [6.07, 6.45) is -20.2. The van der Waals surface area contributed by atoms with Gasteiger partial charge in [0, 0.05) is 21.7 Å². The number of hydrogen-bond acceptors (Lipinski definition) is 2. The summed E-state index contributed by atoms with van der Waals surface area (Å²) in [6.45, 7) is 11.5. The molecule has 0 unspecified atom stereocenters. The first-order valence-electron chi connectivity index (χ1n) is 16.3. The van der Waals surface area contributed by atoms with Gasteiger partial charge >= 0.3 is 24.7 Å². The van der Waals surface area contributed by atoms with Gasteiger partial charge in [-0.2, -0.15) is 52.7 Å². The van der Waals surface area contributed by atoms with Gasteiger partial charge in [0.25, 0.3) is 0 Å². The van der Waals surface area contributed by atoms with Crippen LogP contribution in [0.25, 0.3) is 33.4 Å². The third-order valence-electron chi connectivity index (χ3n) is 9.19. The summed E-state index contributed by atoms with van der Waals surface area (Å²) < 4.78 is 179. The first kappa shape index (κ1) is 40.2. The highest BCUT2D eigenvalue weighted by molar-refractivity contribution is 7.68. The first-order valence-corrected chi connectivity index (χ1v) is 19.4. The van der Waals surface area contributed by atoms with Crippen LogP contribution < -0.4 is 20.1 Å². The van der Waals surface area contributed by atoms with Gasteiger partial charge in [-0.25, -0.2) is 0 Å². The Labute approximate surface area is 305 Å². The highest BCUT2D eigenvalue weighted by Gasteiger charge is 2.44. The molecule has 0 radical (unpaired) electrons. The normalized spacial score (nSPS) is 18.0. The molecule has 0 saturated heterocycles. The second-order valence-electron chi connectivity index (χ2n) is 15.0. The quantitative estimate of drug-likeness (QED) is 0.152. The van der Waals surface area contributed by atoms with E-state index in [1.807, 2.05) is 41.5 Å². The Morgan fingerprint density at radius 2 is 0.667 bits per heavy atom. The highest BCUT2D eigenvalue weighted by atomic mass is 31.1. The van der Waals surface area contributed by atoms with Crippen LogP contribution in [-0.4, -0.2) is 23.0 Å². The molecule has 0 spiro atoms. The largest absolute Gasteiger partial charge is 0.488 e. The fourth-order valence-corrected chi connectivity index (χ4v) is 11.2. The number of hydrogen-bond donors (Lipinski definition) is 0. The van der Waals surface area contributed by atoms with Crippen molar-refractivity contribution in [2.75, 3.05) is 12.7 Å². The predicted molar refractivity (Wildman–Crippen MR) is 186 cm³/mol. The monoisotopic (exact) mass is 810 g/mol.